The Labute approximate surface area is 110 Å². The Kier molecular flexibility index (Phi) is 2.95. The van der Waals surface area contributed by atoms with Gasteiger partial charge < -0.3 is 5.73 Å². The van der Waals surface area contributed by atoms with Gasteiger partial charge >= 0.3 is 0 Å². The van der Waals surface area contributed by atoms with Crippen molar-refractivity contribution in [2.45, 2.75) is 24.8 Å². The molecule has 0 amide bonds. The second kappa shape index (κ2) is 4.45. The van der Waals surface area contributed by atoms with Crippen molar-refractivity contribution in [3.63, 3.8) is 0 Å². The zero-order valence-corrected chi connectivity index (χ0v) is 11.0. The van der Waals surface area contributed by atoms with Gasteiger partial charge in [0.1, 0.15) is 0 Å². The second-order valence-electron chi connectivity index (χ2n) is 4.58. The monoisotopic (exact) mass is 263 g/mol. The Hall–Kier alpha value is -0.830. The molecule has 17 heavy (non-hydrogen) atoms. The SMILES string of the molecule is N[C@@H]1Cc2ccccc2[C@H]1Cc1ccc(Cl)s1. The highest BCUT2D eigenvalue weighted by Gasteiger charge is 2.29. The molecule has 0 saturated heterocycles. The summed E-state index contributed by atoms with van der Waals surface area (Å²) >= 11 is 7.63. The van der Waals surface area contributed by atoms with E-state index in [-0.39, 0.29) is 6.04 Å². The third-order valence-electron chi connectivity index (χ3n) is 3.48. The van der Waals surface area contributed by atoms with E-state index in [1.165, 1.54) is 16.0 Å². The lowest BCUT2D eigenvalue weighted by atomic mass is 9.94. The first-order valence-electron chi connectivity index (χ1n) is 5.81. The van der Waals surface area contributed by atoms with Gasteiger partial charge in [0.2, 0.25) is 0 Å². The average Bonchev–Trinajstić information content (AvgIpc) is 2.85. The minimum absolute atomic E-state index is 0.244. The average molecular weight is 264 g/mol. The molecule has 0 radical (unpaired) electrons. The summed E-state index contributed by atoms with van der Waals surface area (Å²) in [4.78, 5) is 1.33. The van der Waals surface area contributed by atoms with Crippen molar-refractivity contribution < 1.29 is 0 Å². The number of benzene rings is 1. The molecule has 1 heterocycles. The van der Waals surface area contributed by atoms with E-state index in [0.29, 0.717) is 5.92 Å². The fraction of sp³-hybridized carbons (Fsp3) is 0.286. The maximum atomic E-state index is 6.26. The predicted molar refractivity (Wildman–Crippen MR) is 73.9 cm³/mol. The summed E-state index contributed by atoms with van der Waals surface area (Å²) in [5, 5.41) is 0. The van der Waals surface area contributed by atoms with E-state index in [0.717, 1.165) is 17.2 Å². The van der Waals surface area contributed by atoms with Crippen LogP contribution in [-0.4, -0.2) is 6.04 Å². The molecule has 0 aliphatic heterocycles. The maximum Gasteiger partial charge on any atom is 0.0931 e. The number of halogens is 1. The molecule has 0 unspecified atom stereocenters. The topological polar surface area (TPSA) is 26.0 Å². The van der Waals surface area contributed by atoms with Crippen LogP contribution in [0.1, 0.15) is 21.9 Å². The molecule has 2 aromatic rings. The van der Waals surface area contributed by atoms with Gasteiger partial charge in [-0.15, -0.1) is 11.3 Å². The minimum Gasteiger partial charge on any atom is -0.327 e. The van der Waals surface area contributed by atoms with Crippen molar-refractivity contribution in [1.29, 1.82) is 0 Å². The van der Waals surface area contributed by atoms with Gasteiger partial charge in [-0.1, -0.05) is 35.9 Å². The normalized spacial score (nSPS) is 22.7. The molecular weight excluding hydrogens is 250 g/mol. The zero-order chi connectivity index (χ0) is 11.8. The van der Waals surface area contributed by atoms with E-state index in [1.54, 1.807) is 11.3 Å². The van der Waals surface area contributed by atoms with Crippen molar-refractivity contribution in [2.24, 2.45) is 5.73 Å². The number of thiophene rings is 1. The summed E-state index contributed by atoms with van der Waals surface area (Å²) in [5.74, 6) is 0.445. The van der Waals surface area contributed by atoms with Crippen LogP contribution in [0.3, 0.4) is 0 Å². The van der Waals surface area contributed by atoms with E-state index in [2.05, 4.69) is 30.3 Å². The number of fused-ring (bicyclic) bond motifs is 1. The lowest BCUT2D eigenvalue weighted by Gasteiger charge is -2.15. The molecule has 1 aliphatic rings. The van der Waals surface area contributed by atoms with Crippen molar-refractivity contribution in [3.05, 3.63) is 56.7 Å². The van der Waals surface area contributed by atoms with Gasteiger partial charge in [0.25, 0.3) is 0 Å². The number of hydrogen-bond donors (Lipinski definition) is 1. The summed E-state index contributed by atoms with van der Waals surface area (Å²) in [6.07, 6.45) is 2.01. The third kappa shape index (κ3) is 2.13. The molecule has 88 valence electrons. The van der Waals surface area contributed by atoms with Crippen molar-refractivity contribution in [3.8, 4) is 0 Å². The summed E-state index contributed by atoms with van der Waals surface area (Å²) in [6, 6.07) is 12.9. The number of hydrogen-bond acceptors (Lipinski definition) is 2. The van der Waals surface area contributed by atoms with Gasteiger partial charge in [0.05, 0.1) is 4.34 Å². The lowest BCUT2D eigenvalue weighted by Crippen LogP contribution is -2.26. The zero-order valence-electron chi connectivity index (χ0n) is 9.40. The van der Waals surface area contributed by atoms with Crippen LogP contribution in [0.2, 0.25) is 4.34 Å². The molecule has 3 rings (SSSR count). The fourth-order valence-electron chi connectivity index (χ4n) is 2.65. The molecular formula is C14H14ClNS. The largest absolute Gasteiger partial charge is 0.327 e. The van der Waals surface area contributed by atoms with Crippen LogP contribution in [-0.2, 0) is 12.8 Å². The quantitative estimate of drug-likeness (QED) is 0.880. The molecule has 1 aliphatic carbocycles. The van der Waals surface area contributed by atoms with Gasteiger partial charge in [-0.25, -0.2) is 0 Å². The molecule has 1 aromatic heterocycles. The van der Waals surface area contributed by atoms with Crippen LogP contribution in [0.15, 0.2) is 36.4 Å². The van der Waals surface area contributed by atoms with Gasteiger partial charge in [-0.05, 0) is 36.1 Å². The summed E-state index contributed by atoms with van der Waals surface area (Å²) in [7, 11) is 0. The minimum atomic E-state index is 0.244. The van der Waals surface area contributed by atoms with Crippen LogP contribution in [0, 0.1) is 0 Å². The smallest absolute Gasteiger partial charge is 0.0931 e. The van der Waals surface area contributed by atoms with Crippen molar-refractivity contribution in [2.75, 3.05) is 0 Å². The molecule has 3 heteroatoms. The second-order valence-corrected chi connectivity index (χ2v) is 6.38. The molecule has 0 saturated carbocycles. The Balaban J connectivity index is 1.88. The highest BCUT2D eigenvalue weighted by molar-refractivity contribution is 7.16. The highest BCUT2D eigenvalue weighted by Crippen LogP contribution is 2.36. The van der Waals surface area contributed by atoms with Crippen LogP contribution < -0.4 is 5.73 Å². The van der Waals surface area contributed by atoms with Crippen LogP contribution in [0.25, 0.3) is 0 Å². The van der Waals surface area contributed by atoms with Gasteiger partial charge in [0.15, 0.2) is 0 Å². The van der Waals surface area contributed by atoms with Gasteiger partial charge in [-0.3, -0.25) is 0 Å². The molecule has 0 fully saturated rings. The standard InChI is InChI=1S/C14H14ClNS/c15-14-6-5-10(17-14)8-12-11-4-2-1-3-9(11)7-13(12)16/h1-6,12-13H,7-8,16H2/t12-,13-/m1/s1. The fourth-order valence-corrected chi connectivity index (χ4v) is 3.79. The van der Waals surface area contributed by atoms with Crippen LogP contribution in [0.5, 0.6) is 0 Å². The van der Waals surface area contributed by atoms with E-state index in [1.807, 2.05) is 6.07 Å². The Bertz CT molecular complexity index is 535. The summed E-state index contributed by atoms with van der Waals surface area (Å²) in [5.41, 5.74) is 9.09. The van der Waals surface area contributed by atoms with Gasteiger partial charge in [0, 0.05) is 16.8 Å². The van der Waals surface area contributed by atoms with Crippen LogP contribution >= 0.6 is 22.9 Å². The predicted octanol–water partition coefficient (Wildman–Crippen LogP) is 3.61. The van der Waals surface area contributed by atoms with E-state index >= 15 is 0 Å². The van der Waals surface area contributed by atoms with E-state index in [9.17, 15) is 0 Å². The third-order valence-corrected chi connectivity index (χ3v) is 4.73. The first kappa shape index (κ1) is 11.3. The first-order valence-corrected chi connectivity index (χ1v) is 7.01. The number of nitrogens with two attached hydrogens (primary N) is 1. The molecule has 2 atom stereocenters. The Morgan fingerprint density at radius 1 is 1.24 bits per heavy atom. The van der Waals surface area contributed by atoms with Crippen molar-refractivity contribution in [1.82, 2.24) is 0 Å². The lowest BCUT2D eigenvalue weighted by molar-refractivity contribution is 0.574. The molecule has 1 nitrogen and oxygen atoms in total. The van der Waals surface area contributed by atoms with E-state index < -0.39 is 0 Å². The van der Waals surface area contributed by atoms with Gasteiger partial charge in [-0.2, -0.15) is 0 Å². The molecule has 0 spiro atoms. The maximum absolute atomic E-state index is 6.26. The summed E-state index contributed by atoms with van der Waals surface area (Å²) < 4.78 is 0.861. The van der Waals surface area contributed by atoms with Crippen molar-refractivity contribution >= 4 is 22.9 Å². The molecule has 1 aromatic carbocycles. The summed E-state index contributed by atoms with van der Waals surface area (Å²) in [6.45, 7) is 0. The number of rotatable bonds is 2. The van der Waals surface area contributed by atoms with E-state index in [4.69, 9.17) is 17.3 Å². The molecule has 0 bridgehead atoms. The Morgan fingerprint density at radius 2 is 2.06 bits per heavy atom. The molecule has 2 N–H and O–H groups in total. The Morgan fingerprint density at radius 3 is 2.82 bits per heavy atom. The first-order chi connectivity index (χ1) is 8.24. The highest BCUT2D eigenvalue weighted by atomic mass is 35.5. The van der Waals surface area contributed by atoms with Crippen LogP contribution in [0.4, 0.5) is 0 Å².